The van der Waals surface area contributed by atoms with Crippen LogP contribution in [0.15, 0.2) is 48.7 Å². The SMILES string of the molecule is CCN1CCN(Cc2ccc(Nc3ncc4c(n3)N(C)c3ccccc3C(=O)N4C)cc2C(F)(F)F)CC1. The summed E-state index contributed by atoms with van der Waals surface area (Å²) in [6.45, 7) is 6.46. The van der Waals surface area contributed by atoms with E-state index in [2.05, 4.69) is 32.0 Å². The molecule has 1 N–H and O–H groups in total. The lowest BCUT2D eigenvalue weighted by molar-refractivity contribution is -0.138. The molecule has 2 aliphatic rings. The Morgan fingerprint density at radius 2 is 1.66 bits per heavy atom. The van der Waals surface area contributed by atoms with Crippen molar-refractivity contribution in [3.05, 3.63) is 65.4 Å². The maximum atomic E-state index is 14.1. The Morgan fingerprint density at radius 1 is 0.947 bits per heavy atom. The van der Waals surface area contributed by atoms with Gasteiger partial charge in [0.2, 0.25) is 5.95 Å². The molecule has 2 aliphatic heterocycles. The number of halogens is 3. The van der Waals surface area contributed by atoms with Gasteiger partial charge in [0.15, 0.2) is 5.82 Å². The van der Waals surface area contributed by atoms with E-state index in [1.165, 1.54) is 17.2 Å². The predicted molar refractivity (Wildman–Crippen MR) is 141 cm³/mol. The molecule has 38 heavy (non-hydrogen) atoms. The van der Waals surface area contributed by atoms with Crippen LogP contribution in [0.4, 0.5) is 42.0 Å². The van der Waals surface area contributed by atoms with Crippen LogP contribution in [0.3, 0.4) is 0 Å². The zero-order chi connectivity index (χ0) is 27.0. The molecule has 2 aromatic carbocycles. The van der Waals surface area contributed by atoms with E-state index in [0.29, 0.717) is 22.8 Å². The number of anilines is 5. The minimum Gasteiger partial charge on any atom is -0.327 e. The van der Waals surface area contributed by atoms with Gasteiger partial charge in [-0.05, 0) is 36.4 Å². The summed E-state index contributed by atoms with van der Waals surface area (Å²) in [6, 6.07) is 11.4. The first-order chi connectivity index (χ1) is 18.2. The highest BCUT2D eigenvalue weighted by molar-refractivity contribution is 6.13. The fraction of sp³-hybridized carbons (Fsp3) is 0.370. The average Bonchev–Trinajstić information content (AvgIpc) is 2.99. The fourth-order valence-corrected chi connectivity index (χ4v) is 4.95. The lowest BCUT2D eigenvalue weighted by atomic mass is 10.0. The van der Waals surface area contributed by atoms with E-state index in [4.69, 9.17) is 0 Å². The molecule has 8 nitrogen and oxygen atoms in total. The molecule has 0 bridgehead atoms. The molecule has 11 heteroatoms. The molecule has 1 amide bonds. The lowest BCUT2D eigenvalue weighted by Crippen LogP contribution is -2.45. The fourth-order valence-electron chi connectivity index (χ4n) is 4.95. The molecule has 1 aromatic heterocycles. The Kier molecular flexibility index (Phi) is 6.97. The van der Waals surface area contributed by atoms with E-state index in [9.17, 15) is 18.0 Å². The molecule has 200 valence electrons. The van der Waals surface area contributed by atoms with Crippen LogP contribution in [0, 0.1) is 0 Å². The monoisotopic (exact) mass is 525 g/mol. The van der Waals surface area contributed by atoms with Gasteiger partial charge in [0.25, 0.3) is 5.91 Å². The zero-order valence-corrected chi connectivity index (χ0v) is 21.6. The maximum absolute atomic E-state index is 14.1. The molecule has 5 rings (SSSR count). The Balaban J connectivity index is 1.42. The second-order valence-corrected chi connectivity index (χ2v) is 9.55. The maximum Gasteiger partial charge on any atom is 0.416 e. The average molecular weight is 526 g/mol. The van der Waals surface area contributed by atoms with Crippen LogP contribution < -0.4 is 15.1 Å². The molecule has 1 fully saturated rings. The van der Waals surface area contributed by atoms with Crippen LogP contribution in [0.25, 0.3) is 0 Å². The number of nitrogens with zero attached hydrogens (tertiary/aromatic N) is 6. The van der Waals surface area contributed by atoms with Gasteiger partial charge in [0.05, 0.1) is 23.0 Å². The van der Waals surface area contributed by atoms with Gasteiger partial charge in [-0.2, -0.15) is 18.2 Å². The van der Waals surface area contributed by atoms with Crippen molar-refractivity contribution in [2.45, 2.75) is 19.6 Å². The first-order valence-corrected chi connectivity index (χ1v) is 12.6. The van der Waals surface area contributed by atoms with E-state index in [0.717, 1.165) is 38.8 Å². The number of alkyl halides is 3. The molecule has 0 radical (unpaired) electrons. The minimum absolute atomic E-state index is 0.132. The molecule has 3 heterocycles. The number of likely N-dealkylation sites (N-methyl/N-ethyl adjacent to an activating group) is 1. The third-order valence-corrected chi connectivity index (χ3v) is 7.21. The predicted octanol–water partition coefficient (Wildman–Crippen LogP) is 4.73. The number of amides is 1. The molecule has 0 aliphatic carbocycles. The normalized spacial score (nSPS) is 16.7. The van der Waals surface area contributed by atoms with Crippen molar-refractivity contribution in [2.75, 3.05) is 61.9 Å². The number of piperazine rings is 1. The summed E-state index contributed by atoms with van der Waals surface area (Å²) in [4.78, 5) is 29.4. The Labute approximate surface area is 219 Å². The smallest absolute Gasteiger partial charge is 0.327 e. The highest BCUT2D eigenvalue weighted by atomic mass is 19.4. The van der Waals surface area contributed by atoms with E-state index in [1.54, 1.807) is 37.2 Å². The minimum atomic E-state index is -4.50. The molecule has 3 aromatic rings. The number of benzene rings is 2. The summed E-state index contributed by atoms with van der Waals surface area (Å²) >= 11 is 0. The third-order valence-electron chi connectivity index (χ3n) is 7.21. The first-order valence-electron chi connectivity index (χ1n) is 12.6. The highest BCUT2D eigenvalue weighted by Crippen LogP contribution is 2.39. The van der Waals surface area contributed by atoms with Crippen LogP contribution in [0.5, 0.6) is 0 Å². The topological polar surface area (TPSA) is 67.8 Å². The number of nitrogens with one attached hydrogen (secondary N) is 1. The second kappa shape index (κ2) is 10.2. The first kappa shape index (κ1) is 25.9. The van der Waals surface area contributed by atoms with E-state index >= 15 is 0 Å². The van der Waals surface area contributed by atoms with E-state index in [-0.39, 0.29) is 29.7 Å². The molecular weight excluding hydrogens is 495 g/mol. The Bertz CT molecular complexity index is 1340. The van der Waals surface area contributed by atoms with Crippen molar-refractivity contribution < 1.29 is 18.0 Å². The molecule has 0 saturated carbocycles. The van der Waals surface area contributed by atoms with Crippen molar-refractivity contribution >= 4 is 34.7 Å². The summed E-state index contributed by atoms with van der Waals surface area (Å²) in [5.74, 6) is 0.395. The molecular formula is C27H30F3N7O. The molecule has 0 unspecified atom stereocenters. The van der Waals surface area contributed by atoms with Gasteiger partial charge in [0.1, 0.15) is 5.69 Å². The number of hydrogen-bond acceptors (Lipinski definition) is 7. The Hall–Kier alpha value is -3.70. The van der Waals surface area contributed by atoms with Crippen molar-refractivity contribution in [2.24, 2.45) is 0 Å². The van der Waals surface area contributed by atoms with Gasteiger partial charge in [-0.3, -0.25) is 9.69 Å². The Morgan fingerprint density at radius 3 is 2.37 bits per heavy atom. The van der Waals surface area contributed by atoms with Gasteiger partial charge in [-0.25, -0.2) is 4.98 Å². The number of fused-ring (bicyclic) bond motifs is 2. The van der Waals surface area contributed by atoms with Crippen molar-refractivity contribution in [3.63, 3.8) is 0 Å². The van der Waals surface area contributed by atoms with E-state index in [1.807, 2.05) is 12.1 Å². The summed E-state index contributed by atoms with van der Waals surface area (Å²) in [5.41, 5.74) is 1.49. The summed E-state index contributed by atoms with van der Waals surface area (Å²) in [7, 11) is 3.43. The lowest BCUT2D eigenvalue weighted by Gasteiger charge is -2.34. The van der Waals surface area contributed by atoms with Crippen LogP contribution in [0.1, 0.15) is 28.4 Å². The van der Waals surface area contributed by atoms with E-state index < -0.39 is 11.7 Å². The van der Waals surface area contributed by atoms with Gasteiger partial charge in [0, 0.05) is 52.5 Å². The van der Waals surface area contributed by atoms with Gasteiger partial charge >= 0.3 is 6.18 Å². The van der Waals surface area contributed by atoms with Crippen molar-refractivity contribution in [1.29, 1.82) is 0 Å². The summed E-state index contributed by atoms with van der Waals surface area (Å²) in [6.07, 6.45) is -3.00. The zero-order valence-electron chi connectivity index (χ0n) is 21.6. The van der Waals surface area contributed by atoms with Crippen LogP contribution in [0.2, 0.25) is 0 Å². The largest absolute Gasteiger partial charge is 0.416 e. The number of aromatic nitrogens is 2. The van der Waals surface area contributed by atoms with Crippen molar-refractivity contribution in [3.8, 4) is 0 Å². The second-order valence-electron chi connectivity index (χ2n) is 9.55. The molecule has 0 spiro atoms. The standard InChI is InChI=1S/C27H30F3N7O/c1-4-36-11-13-37(14-12-36)17-18-9-10-19(15-21(18)27(28,29)30)32-26-31-16-23-24(33-26)34(2)22-8-6-5-7-20(22)25(38)35(23)3/h5-10,15-16H,4,11-14,17H2,1-3H3,(H,31,32,33). The molecule has 0 atom stereocenters. The number of hydrogen-bond donors (Lipinski definition) is 1. The molecule has 1 saturated heterocycles. The number of carbonyl (C=O) groups is 1. The third kappa shape index (κ3) is 5.03. The van der Waals surface area contributed by atoms with Gasteiger partial charge < -0.3 is 20.0 Å². The number of para-hydroxylation sites is 1. The van der Waals surface area contributed by atoms with Crippen LogP contribution in [-0.2, 0) is 12.7 Å². The van der Waals surface area contributed by atoms with Gasteiger partial charge in [-0.1, -0.05) is 25.1 Å². The highest BCUT2D eigenvalue weighted by Gasteiger charge is 2.34. The summed E-state index contributed by atoms with van der Waals surface area (Å²) < 4.78 is 42.2. The van der Waals surface area contributed by atoms with Crippen LogP contribution in [-0.4, -0.2) is 72.5 Å². The van der Waals surface area contributed by atoms with Crippen LogP contribution >= 0.6 is 0 Å². The van der Waals surface area contributed by atoms with Crippen molar-refractivity contribution in [1.82, 2.24) is 19.8 Å². The quantitative estimate of drug-likeness (QED) is 0.517. The number of rotatable bonds is 5. The number of carbonyl (C=O) groups excluding carboxylic acids is 1. The summed E-state index contributed by atoms with van der Waals surface area (Å²) in [5, 5.41) is 2.93. The van der Waals surface area contributed by atoms with Gasteiger partial charge in [-0.15, -0.1) is 0 Å².